The fourth-order valence-corrected chi connectivity index (χ4v) is 1.36. The van der Waals surface area contributed by atoms with Crippen molar-refractivity contribution in [3.05, 3.63) is 28.5 Å². The van der Waals surface area contributed by atoms with Gasteiger partial charge in [-0.1, -0.05) is 11.6 Å². The second-order valence-electron chi connectivity index (χ2n) is 3.07. The van der Waals surface area contributed by atoms with Crippen molar-refractivity contribution in [2.24, 2.45) is 5.73 Å². The third-order valence-electron chi connectivity index (χ3n) is 1.98. The van der Waals surface area contributed by atoms with Crippen LogP contribution in [0.2, 0.25) is 5.02 Å². The zero-order valence-corrected chi connectivity index (χ0v) is 8.45. The highest BCUT2D eigenvalue weighted by Crippen LogP contribution is 2.33. The lowest BCUT2D eigenvalue weighted by molar-refractivity contribution is 0.0228. The quantitative estimate of drug-likeness (QED) is 0.616. The highest BCUT2D eigenvalue weighted by molar-refractivity contribution is 6.32. The molecule has 0 heterocycles. The van der Waals surface area contributed by atoms with Gasteiger partial charge in [0, 0.05) is 12.1 Å². The van der Waals surface area contributed by atoms with E-state index < -0.39 is 23.8 Å². The lowest BCUT2D eigenvalue weighted by Crippen LogP contribution is -2.27. The van der Waals surface area contributed by atoms with Gasteiger partial charge in [-0.3, -0.25) is 0 Å². The SMILES string of the molecule is NCC(O)C(O)c1cc(F)cc(Cl)c1O. The molecule has 5 N–H and O–H groups in total. The van der Waals surface area contributed by atoms with Gasteiger partial charge in [-0.2, -0.15) is 0 Å². The average Bonchev–Trinajstić information content (AvgIpc) is 2.21. The molecule has 0 aliphatic rings. The summed E-state index contributed by atoms with van der Waals surface area (Å²) in [5, 5.41) is 27.9. The average molecular weight is 236 g/mol. The van der Waals surface area contributed by atoms with Gasteiger partial charge < -0.3 is 21.1 Å². The molecule has 0 spiro atoms. The second-order valence-corrected chi connectivity index (χ2v) is 3.48. The Kier molecular flexibility index (Phi) is 3.87. The molecule has 1 aromatic rings. The molecule has 0 aromatic heterocycles. The number of hydrogen-bond donors (Lipinski definition) is 4. The molecule has 0 saturated heterocycles. The lowest BCUT2D eigenvalue weighted by atomic mass is 10.0. The Bertz CT molecular complexity index is 361. The van der Waals surface area contributed by atoms with E-state index in [0.717, 1.165) is 12.1 Å². The molecular weight excluding hydrogens is 225 g/mol. The van der Waals surface area contributed by atoms with Gasteiger partial charge in [-0.15, -0.1) is 0 Å². The summed E-state index contributed by atoms with van der Waals surface area (Å²) in [5.74, 6) is -1.17. The lowest BCUT2D eigenvalue weighted by Gasteiger charge is -2.17. The Morgan fingerprint density at radius 2 is 2.00 bits per heavy atom. The molecule has 0 fully saturated rings. The number of aromatic hydroxyl groups is 1. The molecular formula is C9H11ClFNO3. The summed E-state index contributed by atoms with van der Waals surface area (Å²) in [5.41, 5.74) is 4.94. The zero-order valence-electron chi connectivity index (χ0n) is 7.69. The number of phenolic OH excluding ortho intramolecular Hbond substituents is 1. The van der Waals surface area contributed by atoms with Gasteiger partial charge in [0.15, 0.2) is 0 Å². The van der Waals surface area contributed by atoms with Crippen molar-refractivity contribution >= 4 is 11.6 Å². The number of nitrogens with two attached hydrogens (primary N) is 1. The predicted molar refractivity (Wildman–Crippen MR) is 53.1 cm³/mol. The highest BCUT2D eigenvalue weighted by atomic mass is 35.5. The fourth-order valence-electron chi connectivity index (χ4n) is 1.15. The van der Waals surface area contributed by atoms with Gasteiger partial charge in [0.2, 0.25) is 0 Å². The van der Waals surface area contributed by atoms with E-state index in [1.54, 1.807) is 0 Å². The van der Waals surface area contributed by atoms with Gasteiger partial charge in [-0.05, 0) is 12.1 Å². The summed E-state index contributed by atoms with van der Waals surface area (Å²) in [6.07, 6.45) is -2.75. The van der Waals surface area contributed by atoms with E-state index in [2.05, 4.69) is 0 Å². The van der Waals surface area contributed by atoms with E-state index in [1.165, 1.54) is 0 Å². The Balaban J connectivity index is 3.13. The Labute approximate surface area is 90.7 Å². The first kappa shape index (κ1) is 12.2. The van der Waals surface area contributed by atoms with Crippen LogP contribution in [0.3, 0.4) is 0 Å². The first-order chi connectivity index (χ1) is 6.97. The normalized spacial score (nSPS) is 15.0. The number of halogens is 2. The number of rotatable bonds is 3. The molecule has 0 saturated carbocycles. The van der Waals surface area contributed by atoms with E-state index in [9.17, 15) is 19.7 Å². The maximum atomic E-state index is 12.9. The Hall–Kier alpha value is -0.880. The summed E-state index contributed by atoms with van der Waals surface area (Å²) in [6, 6.07) is 1.80. The summed E-state index contributed by atoms with van der Waals surface area (Å²) < 4.78 is 12.9. The largest absolute Gasteiger partial charge is 0.506 e. The number of aliphatic hydroxyl groups is 2. The standard InChI is InChI=1S/C9H11ClFNO3/c10-6-2-4(11)1-5(8(6)14)9(15)7(13)3-12/h1-2,7,9,13-15H,3,12H2. The molecule has 15 heavy (non-hydrogen) atoms. The number of hydrogen-bond acceptors (Lipinski definition) is 4. The van der Waals surface area contributed by atoms with Crippen LogP contribution < -0.4 is 5.73 Å². The van der Waals surface area contributed by atoms with Crippen LogP contribution in [0.4, 0.5) is 4.39 Å². The minimum Gasteiger partial charge on any atom is -0.506 e. The molecule has 0 amide bonds. The fraction of sp³-hybridized carbons (Fsp3) is 0.333. The molecule has 2 unspecified atom stereocenters. The van der Waals surface area contributed by atoms with Crippen LogP contribution in [0.5, 0.6) is 5.75 Å². The monoisotopic (exact) mass is 235 g/mol. The molecule has 0 aliphatic carbocycles. The van der Waals surface area contributed by atoms with Gasteiger partial charge in [0.25, 0.3) is 0 Å². The summed E-state index contributed by atoms with van der Waals surface area (Å²) in [6.45, 7) is -0.214. The number of benzene rings is 1. The van der Waals surface area contributed by atoms with Gasteiger partial charge in [0.1, 0.15) is 17.7 Å². The molecule has 2 atom stereocenters. The maximum Gasteiger partial charge on any atom is 0.140 e. The van der Waals surface area contributed by atoms with Crippen molar-refractivity contribution in [1.82, 2.24) is 0 Å². The Morgan fingerprint density at radius 1 is 1.40 bits per heavy atom. The van der Waals surface area contributed by atoms with Crippen molar-refractivity contribution in [2.45, 2.75) is 12.2 Å². The summed E-state index contributed by atoms with van der Waals surface area (Å²) in [7, 11) is 0. The smallest absolute Gasteiger partial charge is 0.140 e. The van der Waals surface area contributed by atoms with Crippen LogP contribution in [-0.2, 0) is 0 Å². The molecule has 0 bridgehead atoms. The number of phenols is 1. The van der Waals surface area contributed by atoms with Crippen molar-refractivity contribution in [3.63, 3.8) is 0 Å². The van der Waals surface area contributed by atoms with Crippen molar-refractivity contribution < 1.29 is 19.7 Å². The van der Waals surface area contributed by atoms with E-state index in [1.807, 2.05) is 0 Å². The maximum absolute atomic E-state index is 12.9. The first-order valence-electron chi connectivity index (χ1n) is 4.21. The Morgan fingerprint density at radius 3 is 2.53 bits per heavy atom. The summed E-state index contributed by atoms with van der Waals surface area (Å²) in [4.78, 5) is 0. The highest BCUT2D eigenvalue weighted by Gasteiger charge is 2.22. The minimum absolute atomic E-state index is 0.182. The van der Waals surface area contributed by atoms with Crippen molar-refractivity contribution in [3.8, 4) is 5.75 Å². The molecule has 1 rings (SSSR count). The van der Waals surface area contributed by atoms with Crippen molar-refractivity contribution in [1.29, 1.82) is 0 Å². The molecule has 84 valence electrons. The van der Waals surface area contributed by atoms with Crippen LogP contribution in [0.1, 0.15) is 11.7 Å². The third kappa shape index (κ3) is 2.57. The van der Waals surface area contributed by atoms with E-state index >= 15 is 0 Å². The van der Waals surface area contributed by atoms with E-state index in [0.29, 0.717) is 0 Å². The third-order valence-corrected chi connectivity index (χ3v) is 2.27. The van der Waals surface area contributed by atoms with Crippen LogP contribution in [0.15, 0.2) is 12.1 Å². The van der Waals surface area contributed by atoms with Crippen molar-refractivity contribution in [2.75, 3.05) is 6.54 Å². The molecule has 1 aromatic carbocycles. The minimum atomic E-state index is -1.47. The van der Waals surface area contributed by atoms with Crippen LogP contribution >= 0.6 is 11.6 Å². The molecule has 4 nitrogen and oxygen atoms in total. The van der Waals surface area contributed by atoms with Gasteiger partial charge in [0.05, 0.1) is 11.1 Å². The second kappa shape index (κ2) is 4.76. The van der Waals surface area contributed by atoms with Crippen LogP contribution in [0.25, 0.3) is 0 Å². The van der Waals surface area contributed by atoms with Gasteiger partial charge >= 0.3 is 0 Å². The molecule has 0 aliphatic heterocycles. The van der Waals surface area contributed by atoms with Crippen LogP contribution in [0, 0.1) is 5.82 Å². The van der Waals surface area contributed by atoms with E-state index in [4.69, 9.17) is 17.3 Å². The molecule has 0 radical (unpaired) electrons. The number of aliphatic hydroxyl groups excluding tert-OH is 2. The molecule has 6 heteroatoms. The predicted octanol–water partition coefficient (Wildman–Crippen LogP) is 0.538. The van der Waals surface area contributed by atoms with Gasteiger partial charge in [-0.25, -0.2) is 4.39 Å². The zero-order chi connectivity index (χ0) is 11.6. The van der Waals surface area contributed by atoms with Crippen LogP contribution in [-0.4, -0.2) is 28.0 Å². The summed E-state index contributed by atoms with van der Waals surface area (Å²) >= 11 is 5.50. The topological polar surface area (TPSA) is 86.7 Å². The van der Waals surface area contributed by atoms with E-state index in [-0.39, 0.29) is 17.1 Å². The first-order valence-corrected chi connectivity index (χ1v) is 4.59.